The first-order valence-corrected chi connectivity index (χ1v) is 13.1. The average molecular weight is 551 g/mol. The number of methoxy groups -OCH3 is 3. The Morgan fingerprint density at radius 1 is 1.03 bits per heavy atom. The smallest absolute Gasteiger partial charge is 0.228 e. The average Bonchev–Trinajstić information content (AvgIpc) is 3.42. The zero-order valence-electron chi connectivity index (χ0n) is 22.1. The predicted octanol–water partition coefficient (Wildman–Crippen LogP) is 5.20. The number of carbonyl (C=O) groups excluding carboxylic acids is 1. The van der Waals surface area contributed by atoms with Crippen molar-refractivity contribution in [3.63, 3.8) is 0 Å². The molecule has 1 aromatic heterocycles. The molecular weight excluding hydrogens is 519 g/mol. The van der Waals surface area contributed by atoms with Crippen LogP contribution < -0.4 is 19.5 Å². The molecule has 4 rings (SSSR count). The summed E-state index contributed by atoms with van der Waals surface area (Å²) in [6.07, 6.45) is 4.46. The molecule has 39 heavy (non-hydrogen) atoms. The largest absolute Gasteiger partial charge is 0.497 e. The number of anilines is 1. The molecule has 8 nitrogen and oxygen atoms in total. The maximum atomic E-state index is 14.0. The highest BCUT2D eigenvalue weighted by molar-refractivity contribution is 7.97. The first-order chi connectivity index (χ1) is 19.0. The van der Waals surface area contributed by atoms with E-state index in [2.05, 4.69) is 15.1 Å². The fourth-order valence-electron chi connectivity index (χ4n) is 3.91. The normalized spacial score (nSPS) is 10.9. The van der Waals surface area contributed by atoms with Crippen molar-refractivity contribution < 1.29 is 23.4 Å². The number of nitrogens with one attached hydrogen (secondary N) is 2. The van der Waals surface area contributed by atoms with Crippen LogP contribution in [0.2, 0.25) is 0 Å². The first-order valence-electron chi connectivity index (χ1n) is 12.3. The van der Waals surface area contributed by atoms with Crippen molar-refractivity contribution >= 4 is 23.5 Å². The predicted molar refractivity (Wildman–Crippen MR) is 150 cm³/mol. The van der Waals surface area contributed by atoms with E-state index < -0.39 is 5.82 Å². The van der Waals surface area contributed by atoms with Gasteiger partial charge in [0.25, 0.3) is 0 Å². The summed E-state index contributed by atoms with van der Waals surface area (Å²) in [5.74, 6) is 0.722. The number of ether oxygens (including phenoxy) is 3. The number of hydrogen-bond donors (Lipinski definition) is 2. The van der Waals surface area contributed by atoms with E-state index in [1.165, 1.54) is 18.0 Å². The van der Waals surface area contributed by atoms with Gasteiger partial charge < -0.3 is 19.5 Å². The molecule has 2 N–H and O–H groups in total. The molecule has 0 saturated carbocycles. The molecule has 1 amide bonds. The third-order valence-electron chi connectivity index (χ3n) is 5.97. The molecule has 0 fully saturated rings. The highest BCUT2D eigenvalue weighted by atomic mass is 32.2. The highest BCUT2D eigenvalue weighted by Gasteiger charge is 2.13. The Morgan fingerprint density at radius 2 is 1.87 bits per heavy atom. The molecule has 0 radical (unpaired) electrons. The summed E-state index contributed by atoms with van der Waals surface area (Å²) in [5.41, 5.74) is 3.79. The maximum Gasteiger partial charge on any atom is 0.228 e. The van der Waals surface area contributed by atoms with Crippen LogP contribution in [0.15, 0.2) is 78.0 Å². The van der Waals surface area contributed by atoms with Gasteiger partial charge in [-0.3, -0.25) is 9.52 Å². The molecule has 0 aliphatic heterocycles. The molecule has 3 aromatic carbocycles. The third kappa shape index (κ3) is 7.60. The number of carbonyl (C=O) groups is 1. The first kappa shape index (κ1) is 28.2. The van der Waals surface area contributed by atoms with Crippen LogP contribution in [-0.4, -0.2) is 43.6 Å². The van der Waals surface area contributed by atoms with Crippen molar-refractivity contribution in [2.75, 3.05) is 33.3 Å². The molecule has 4 aromatic rings. The summed E-state index contributed by atoms with van der Waals surface area (Å²) in [7, 11) is 4.90. The molecule has 0 saturated heterocycles. The van der Waals surface area contributed by atoms with Gasteiger partial charge >= 0.3 is 0 Å². The summed E-state index contributed by atoms with van der Waals surface area (Å²) in [4.78, 5) is 13.5. The van der Waals surface area contributed by atoms with Crippen LogP contribution in [0.3, 0.4) is 0 Å². The summed E-state index contributed by atoms with van der Waals surface area (Å²) in [5, 5.41) is 7.41. The zero-order valence-corrected chi connectivity index (χ0v) is 22.9. The van der Waals surface area contributed by atoms with E-state index in [1.54, 1.807) is 44.2 Å². The van der Waals surface area contributed by atoms with Gasteiger partial charge in [0, 0.05) is 37.2 Å². The molecule has 10 heteroatoms. The Labute approximate surface area is 231 Å². The summed E-state index contributed by atoms with van der Waals surface area (Å²) in [6.45, 7) is 1.12. The Balaban J connectivity index is 1.53. The van der Waals surface area contributed by atoms with E-state index in [0.29, 0.717) is 35.9 Å². The van der Waals surface area contributed by atoms with Crippen molar-refractivity contribution in [1.82, 2.24) is 14.5 Å². The van der Waals surface area contributed by atoms with Crippen LogP contribution in [-0.2, 0) is 28.9 Å². The van der Waals surface area contributed by atoms with E-state index >= 15 is 0 Å². The topological polar surface area (TPSA) is 86.6 Å². The van der Waals surface area contributed by atoms with Crippen molar-refractivity contribution in [2.45, 2.75) is 24.3 Å². The zero-order chi connectivity index (χ0) is 27.6. The monoisotopic (exact) mass is 550 g/mol. The molecule has 0 spiro atoms. The second-order valence-electron chi connectivity index (χ2n) is 8.64. The lowest BCUT2D eigenvalue weighted by molar-refractivity contribution is -0.115. The van der Waals surface area contributed by atoms with Gasteiger partial charge in [0.1, 0.15) is 17.3 Å². The van der Waals surface area contributed by atoms with Crippen LogP contribution >= 0.6 is 11.9 Å². The van der Waals surface area contributed by atoms with Crippen LogP contribution in [0, 0.1) is 5.82 Å². The van der Waals surface area contributed by atoms with Crippen molar-refractivity contribution in [3.8, 4) is 17.2 Å². The molecule has 0 bridgehead atoms. The van der Waals surface area contributed by atoms with Gasteiger partial charge in [-0.1, -0.05) is 24.3 Å². The molecule has 0 atom stereocenters. The lowest BCUT2D eigenvalue weighted by Crippen LogP contribution is -2.15. The molecule has 204 valence electrons. The van der Waals surface area contributed by atoms with Gasteiger partial charge in [0.15, 0.2) is 0 Å². The number of halogens is 1. The minimum atomic E-state index is -0.402. The van der Waals surface area contributed by atoms with E-state index in [4.69, 9.17) is 14.2 Å². The number of nitrogens with zero attached hydrogens (tertiary/aromatic N) is 2. The fraction of sp³-hybridized carbons (Fsp3) is 0.241. The number of aromatic nitrogens is 2. The van der Waals surface area contributed by atoms with Crippen LogP contribution in [0.5, 0.6) is 11.5 Å². The van der Waals surface area contributed by atoms with Crippen LogP contribution in [0.1, 0.15) is 16.7 Å². The van der Waals surface area contributed by atoms with Crippen molar-refractivity contribution in [2.24, 2.45) is 0 Å². The summed E-state index contributed by atoms with van der Waals surface area (Å²) >= 11 is 1.41. The van der Waals surface area contributed by atoms with Gasteiger partial charge in [-0.25, -0.2) is 9.07 Å². The molecule has 1 heterocycles. The van der Waals surface area contributed by atoms with Crippen molar-refractivity contribution in [3.05, 3.63) is 95.6 Å². The van der Waals surface area contributed by atoms with E-state index in [0.717, 1.165) is 28.1 Å². The fourth-order valence-corrected chi connectivity index (χ4v) is 4.75. The van der Waals surface area contributed by atoms with Gasteiger partial charge in [0.2, 0.25) is 5.91 Å². The number of rotatable bonds is 13. The Hall–Kier alpha value is -3.86. The Bertz CT molecular complexity index is 1410. The standard InChI is InChI=1S/C29H31FN4O4S/c1-36-13-12-20-17-31-34(19-20)26-11-9-23(33-29(35)14-21-6-4-5-7-25(21)30)15-28(26)39-32-18-22-8-10-24(37-2)16-27(22)38-3/h4-11,15-17,19,32H,12-14,18H2,1-3H3,(H,33,35). The molecule has 0 aliphatic rings. The Morgan fingerprint density at radius 3 is 2.64 bits per heavy atom. The van der Waals surface area contributed by atoms with Crippen LogP contribution in [0.4, 0.5) is 10.1 Å². The second-order valence-corrected chi connectivity index (χ2v) is 9.57. The van der Waals surface area contributed by atoms with Gasteiger partial charge in [0.05, 0.1) is 44.0 Å². The van der Waals surface area contributed by atoms with Crippen LogP contribution in [0.25, 0.3) is 5.69 Å². The quantitative estimate of drug-likeness (QED) is 0.222. The molecular formula is C29H31FN4O4S. The number of amides is 1. The Kier molecular flexibility index (Phi) is 9.96. The van der Waals surface area contributed by atoms with Gasteiger partial charge in [-0.2, -0.15) is 5.10 Å². The maximum absolute atomic E-state index is 14.0. The van der Waals surface area contributed by atoms with E-state index in [9.17, 15) is 9.18 Å². The van der Waals surface area contributed by atoms with E-state index in [-0.39, 0.29) is 12.3 Å². The SMILES string of the molecule is COCCc1cnn(-c2ccc(NC(=O)Cc3ccccc3F)cc2SNCc2ccc(OC)cc2OC)c1. The lowest BCUT2D eigenvalue weighted by Gasteiger charge is -2.14. The lowest BCUT2D eigenvalue weighted by atomic mass is 10.1. The second kappa shape index (κ2) is 13.8. The minimum absolute atomic E-state index is 0.0611. The van der Waals surface area contributed by atoms with Crippen molar-refractivity contribution in [1.29, 1.82) is 0 Å². The molecule has 0 unspecified atom stereocenters. The van der Waals surface area contributed by atoms with Gasteiger partial charge in [-0.05, 0) is 59.8 Å². The number of benzene rings is 3. The highest BCUT2D eigenvalue weighted by Crippen LogP contribution is 2.30. The van der Waals surface area contributed by atoms with E-state index in [1.807, 2.05) is 48.8 Å². The number of hydrogen-bond acceptors (Lipinski definition) is 7. The molecule has 0 aliphatic carbocycles. The summed E-state index contributed by atoms with van der Waals surface area (Å²) in [6, 6.07) is 17.5. The summed E-state index contributed by atoms with van der Waals surface area (Å²) < 4.78 is 35.2. The third-order valence-corrected chi connectivity index (χ3v) is 6.80. The van der Waals surface area contributed by atoms with Gasteiger partial charge in [-0.15, -0.1) is 0 Å². The minimum Gasteiger partial charge on any atom is -0.497 e.